The van der Waals surface area contributed by atoms with Crippen LogP contribution in [0.1, 0.15) is 40.5 Å². The Labute approximate surface area is 183 Å². The number of carbonyl (C=O) groups excluding carboxylic acids is 1. The van der Waals surface area contributed by atoms with Gasteiger partial charge in [0.25, 0.3) is 0 Å². The second-order valence-electron chi connectivity index (χ2n) is 9.25. The normalized spacial score (nSPS) is 23.9. The number of quaternary nitrogens is 1. The lowest BCUT2D eigenvalue weighted by Crippen LogP contribution is -3.11. The van der Waals surface area contributed by atoms with Crippen LogP contribution in [-0.2, 0) is 4.79 Å². The summed E-state index contributed by atoms with van der Waals surface area (Å²) in [5.74, 6) is 1.79. The van der Waals surface area contributed by atoms with Crippen molar-refractivity contribution in [2.24, 2.45) is 0 Å². The minimum atomic E-state index is -0.346. The number of nitrogens with one attached hydrogen (secondary N) is 1. The van der Waals surface area contributed by atoms with Gasteiger partial charge in [0.2, 0.25) is 5.91 Å². The molecule has 31 heavy (non-hydrogen) atoms. The Morgan fingerprint density at radius 1 is 0.968 bits per heavy atom. The quantitative estimate of drug-likeness (QED) is 0.663. The third-order valence-corrected chi connectivity index (χ3v) is 7.24. The van der Waals surface area contributed by atoms with Crippen LogP contribution in [0.15, 0.2) is 66.7 Å². The average molecular weight is 412 g/mol. The molecular weight excluding hydrogens is 384 g/mol. The maximum Gasteiger partial charge on any atom is 0.239 e. The summed E-state index contributed by atoms with van der Waals surface area (Å²) in [6.45, 7) is 4.31. The number of anilines is 1. The molecule has 3 aromatic rings. The van der Waals surface area contributed by atoms with Crippen molar-refractivity contribution < 1.29 is 14.4 Å². The molecule has 3 aromatic carbocycles. The number of para-hydroxylation sites is 2. The van der Waals surface area contributed by atoms with Gasteiger partial charge in [-0.15, -0.1) is 0 Å². The zero-order valence-corrected chi connectivity index (χ0v) is 18.0. The third-order valence-electron chi connectivity index (χ3n) is 7.24. The lowest BCUT2D eigenvalue weighted by molar-refractivity contribution is -0.886. The zero-order valence-electron chi connectivity index (χ0n) is 18.0. The van der Waals surface area contributed by atoms with Gasteiger partial charge in [0.1, 0.15) is 11.5 Å². The van der Waals surface area contributed by atoms with Crippen LogP contribution >= 0.6 is 0 Å². The van der Waals surface area contributed by atoms with E-state index in [4.69, 9.17) is 4.74 Å². The van der Waals surface area contributed by atoms with Crippen LogP contribution in [0.5, 0.6) is 11.5 Å². The largest absolute Gasteiger partial charge is 0.457 e. The smallest absolute Gasteiger partial charge is 0.239 e. The Morgan fingerprint density at radius 2 is 1.65 bits per heavy atom. The summed E-state index contributed by atoms with van der Waals surface area (Å²) in [7, 11) is 2.27. The maximum absolute atomic E-state index is 14.4. The SMILES string of the molecule is Cc1ccc2c(c1)C1C[NH+](C)CCC1N2C(=O)C1c2ccccc2Oc2ccccc21. The molecule has 4 heteroatoms. The Morgan fingerprint density at radius 3 is 2.35 bits per heavy atom. The van der Waals surface area contributed by atoms with Gasteiger partial charge in [-0.1, -0.05) is 54.1 Å². The van der Waals surface area contributed by atoms with Gasteiger partial charge in [-0.2, -0.15) is 0 Å². The number of rotatable bonds is 1. The van der Waals surface area contributed by atoms with Gasteiger partial charge in [-0.3, -0.25) is 4.79 Å². The standard InChI is InChI=1S/C27H26N2O2/c1-17-11-12-22-20(15-17)21-16-28(2)14-13-23(21)29(22)27(30)26-18-7-3-5-9-24(18)31-25-10-6-4-8-19(25)26/h3-12,15,21,23,26H,13-14,16H2,1-2H3/p+1. The van der Waals surface area contributed by atoms with E-state index in [1.54, 1.807) is 4.90 Å². The van der Waals surface area contributed by atoms with Gasteiger partial charge in [-0.25, -0.2) is 0 Å². The molecule has 0 spiro atoms. The number of nitrogens with zero attached hydrogens (tertiary/aromatic N) is 1. The van der Waals surface area contributed by atoms with Crippen molar-refractivity contribution in [3.8, 4) is 11.5 Å². The van der Waals surface area contributed by atoms with E-state index in [1.807, 2.05) is 48.5 Å². The summed E-state index contributed by atoms with van der Waals surface area (Å²) in [6, 6.07) is 22.8. The Kier molecular flexibility index (Phi) is 4.19. The third kappa shape index (κ3) is 2.82. The van der Waals surface area contributed by atoms with Crippen LogP contribution in [0.4, 0.5) is 5.69 Å². The number of fused-ring (bicyclic) bond motifs is 5. The summed E-state index contributed by atoms with van der Waals surface area (Å²) < 4.78 is 6.15. The summed E-state index contributed by atoms with van der Waals surface area (Å²) in [4.78, 5) is 18.1. The fraction of sp³-hybridized carbons (Fsp3) is 0.296. The molecule has 1 saturated heterocycles. The highest BCUT2D eigenvalue weighted by Gasteiger charge is 2.48. The number of benzene rings is 3. The van der Waals surface area contributed by atoms with Gasteiger partial charge >= 0.3 is 0 Å². The van der Waals surface area contributed by atoms with Crippen molar-refractivity contribution in [3.63, 3.8) is 0 Å². The fourth-order valence-electron chi connectivity index (χ4n) is 5.80. The van der Waals surface area contributed by atoms with Gasteiger partial charge in [0.05, 0.1) is 38.0 Å². The highest BCUT2D eigenvalue weighted by molar-refractivity contribution is 6.03. The lowest BCUT2D eigenvalue weighted by atomic mass is 9.85. The first kappa shape index (κ1) is 18.6. The molecule has 4 nitrogen and oxygen atoms in total. The predicted molar refractivity (Wildman–Crippen MR) is 121 cm³/mol. The highest BCUT2D eigenvalue weighted by atomic mass is 16.5. The topological polar surface area (TPSA) is 34.0 Å². The molecule has 6 rings (SSSR count). The number of hydrogen-bond donors (Lipinski definition) is 1. The molecule has 0 bridgehead atoms. The van der Waals surface area contributed by atoms with E-state index in [9.17, 15) is 4.79 Å². The Balaban J connectivity index is 1.50. The summed E-state index contributed by atoms with van der Waals surface area (Å²) in [5, 5.41) is 0. The number of hydrogen-bond acceptors (Lipinski definition) is 2. The van der Waals surface area contributed by atoms with Crippen molar-refractivity contribution in [3.05, 3.63) is 89.0 Å². The van der Waals surface area contributed by atoms with Gasteiger partial charge in [0, 0.05) is 23.2 Å². The number of aryl methyl sites for hydroxylation is 1. The molecule has 1 N–H and O–H groups in total. The Bertz CT molecular complexity index is 1140. The van der Waals surface area contributed by atoms with Crippen molar-refractivity contribution >= 4 is 11.6 Å². The van der Waals surface area contributed by atoms with Crippen LogP contribution in [0.3, 0.4) is 0 Å². The Hall–Kier alpha value is -3.11. The number of likely N-dealkylation sites (N-methyl/N-ethyl adjacent to an activating group) is 1. The van der Waals surface area contributed by atoms with Crippen LogP contribution in [-0.4, -0.2) is 32.1 Å². The molecule has 156 valence electrons. The van der Waals surface area contributed by atoms with E-state index < -0.39 is 0 Å². The molecule has 0 radical (unpaired) electrons. The van der Waals surface area contributed by atoms with E-state index in [1.165, 1.54) is 11.1 Å². The molecule has 1 amide bonds. The molecule has 3 atom stereocenters. The van der Waals surface area contributed by atoms with Crippen LogP contribution in [0.2, 0.25) is 0 Å². The average Bonchev–Trinajstić information content (AvgIpc) is 3.09. The summed E-state index contributed by atoms with van der Waals surface area (Å²) >= 11 is 0. The summed E-state index contributed by atoms with van der Waals surface area (Å²) in [6.07, 6.45) is 1.03. The van der Waals surface area contributed by atoms with Gasteiger partial charge in [0.15, 0.2) is 0 Å². The molecule has 3 aliphatic heterocycles. The molecule has 0 aromatic heterocycles. The second kappa shape index (κ2) is 6.96. The zero-order chi connectivity index (χ0) is 21.1. The number of ether oxygens (including phenoxy) is 1. The van der Waals surface area contributed by atoms with Gasteiger partial charge in [-0.05, 0) is 30.7 Å². The minimum Gasteiger partial charge on any atom is -0.457 e. The van der Waals surface area contributed by atoms with Crippen molar-refractivity contribution in [2.45, 2.75) is 31.2 Å². The molecule has 3 unspecified atom stereocenters. The molecule has 3 aliphatic rings. The van der Waals surface area contributed by atoms with E-state index in [0.717, 1.165) is 47.8 Å². The molecular formula is C27H27N2O2+. The minimum absolute atomic E-state index is 0.167. The number of amides is 1. The molecule has 3 heterocycles. The van der Waals surface area contributed by atoms with Crippen molar-refractivity contribution in [1.82, 2.24) is 0 Å². The van der Waals surface area contributed by atoms with Crippen LogP contribution in [0, 0.1) is 6.92 Å². The van der Waals surface area contributed by atoms with Gasteiger partial charge < -0.3 is 14.5 Å². The first-order valence-corrected chi connectivity index (χ1v) is 11.2. The van der Waals surface area contributed by atoms with Crippen molar-refractivity contribution in [2.75, 3.05) is 25.0 Å². The maximum atomic E-state index is 14.4. The molecule has 0 aliphatic carbocycles. The monoisotopic (exact) mass is 411 g/mol. The fourth-order valence-corrected chi connectivity index (χ4v) is 5.80. The number of likely N-dealkylation sites (tertiary alicyclic amines) is 1. The highest BCUT2D eigenvalue weighted by Crippen LogP contribution is 2.49. The van der Waals surface area contributed by atoms with Crippen LogP contribution < -0.4 is 14.5 Å². The first-order valence-electron chi connectivity index (χ1n) is 11.2. The van der Waals surface area contributed by atoms with E-state index >= 15 is 0 Å². The van der Waals surface area contributed by atoms with E-state index in [2.05, 4.69) is 37.1 Å². The number of piperidine rings is 1. The number of carbonyl (C=O) groups is 1. The molecule has 0 saturated carbocycles. The first-order chi connectivity index (χ1) is 15.1. The predicted octanol–water partition coefficient (Wildman–Crippen LogP) is 3.65. The van der Waals surface area contributed by atoms with E-state index in [-0.39, 0.29) is 17.9 Å². The summed E-state index contributed by atoms with van der Waals surface area (Å²) in [5.41, 5.74) is 5.62. The van der Waals surface area contributed by atoms with Crippen LogP contribution in [0.25, 0.3) is 0 Å². The van der Waals surface area contributed by atoms with E-state index in [0.29, 0.717) is 5.92 Å². The van der Waals surface area contributed by atoms with Crippen molar-refractivity contribution in [1.29, 1.82) is 0 Å². The molecule has 1 fully saturated rings. The lowest BCUT2D eigenvalue weighted by Gasteiger charge is -2.37. The second-order valence-corrected chi connectivity index (χ2v) is 9.25.